The first-order valence-electron chi connectivity index (χ1n) is 9.69. The highest BCUT2D eigenvalue weighted by molar-refractivity contribution is 5.80. The van der Waals surface area contributed by atoms with Crippen molar-refractivity contribution in [2.75, 3.05) is 33.4 Å². The first kappa shape index (κ1) is 20.7. The molecule has 1 fully saturated rings. The summed E-state index contributed by atoms with van der Waals surface area (Å²) < 4.78 is 11.4. The van der Waals surface area contributed by atoms with Gasteiger partial charge in [-0.1, -0.05) is 36.4 Å². The van der Waals surface area contributed by atoms with Gasteiger partial charge in [0.2, 0.25) is 0 Å². The zero-order valence-electron chi connectivity index (χ0n) is 16.9. The standard InChI is InChI=1S/C22H28N4O3/c1-16-6-3-4-9-19(16)20-14-26(10-11-28-20)22(24-2)25-13-17-7-5-8-18(12-17)29-15-21(23)27/h3-9,12,20H,10-11,13-15H2,1-2H3,(H2,23,27)(H,24,25). The molecule has 0 aromatic heterocycles. The van der Waals surface area contributed by atoms with Crippen LogP contribution in [0.2, 0.25) is 0 Å². The molecule has 0 spiro atoms. The highest BCUT2D eigenvalue weighted by Crippen LogP contribution is 2.25. The van der Waals surface area contributed by atoms with E-state index in [4.69, 9.17) is 15.2 Å². The summed E-state index contributed by atoms with van der Waals surface area (Å²) in [5, 5.41) is 3.41. The molecule has 3 rings (SSSR count). The summed E-state index contributed by atoms with van der Waals surface area (Å²) in [4.78, 5) is 17.5. The van der Waals surface area contributed by atoms with Crippen LogP contribution in [0.3, 0.4) is 0 Å². The van der Waals surface area contributed by atoms with Gasteiger partial charge < -0.3 is 25.4 Å². The summed E-state index contributed by atoms with van der Waals surface area (Å²) in [5.74, 6) is 0.948. The highest BCUT2D eigenvalue weighted by Gasteiger charge is 2.25. The van der Waals surface area contributed by atoms with Gasteiger partial charge in [0.1, 0.15) is 11.9 Å². The van der Waals surface area contributed by atoms with Crippen LogP contribution in [0.5, 0.6) is 5.75 Å². The Labute approximate surface area is 171 Å². The Morgan fingerprint density at radius 2 is 2.14 bits per heavy atom. The lowest BCUT2D eigenvalue weighted by Gasteiger charge is -2.35. The summed E-state index contributed by atoms with van der Waals surface area (Å²) in [6, 6.07) is 15.9. The number of benzene rings is 2. The maximum atomic E-state index is 10.9. The summed E-state index contributed by atoms with van der Waals surface area (Å²) in [6.45, 7) is 4.74. The fraction of sp³-hybridized carbons (Fsp3) is 0.364. The zero-order chi connectivity index (χ0) is 20.6. The number of ether oxygens (including phenoxy) is 2. The van der Waals surface area contributed by atoms with Crippen molar-refractivity contribution in [2.24, 2.45) is 10.7 Å². The van der Waals surface area contributed by atoms with E-state index in [1.54, 1.807) is 13.1 Å². The molecule has 1 aliphatic rings. The maximum absolute atomic E-state index is 10.9. The molecule has 1 heterocycles. The molecule has 1 amide bonds. The third-order valence-corrected chi connectivity index (χ3v) is 4.84. The number of nitrogens with one attached hydrogen (secondary N) is 1. The number of morpholine rings is 1. The Hall–Kier alpha value is -3.06. The smallest absolute Gasteiger partial charge is 0.255 e. The van der Waals surface area contributed by atoms with Crippen molar-refractivity contribution in [1.82, 2.24) is 10.2 Å². The van der Waals surface area contributed by atoms with Crippen LogP contribution in [0.25, 0.3) is 0 Å². The van der Waals surface area contributed by atoms with Crippen molar-refractivity contribution in [1.29, 1.82) is 0 Å². The first-order chi connectivity index (χ1) is 14.1. The molecule has 7 heteroatoms. The van der Waals surface area contributed by atoms with E-state index in [1.165, 1.54) is 11.1 Å². The van der Waals surface area contributed by atoms with Gasteiger partial charge in [-0.15, -0.1) is 0 Å². The van der Waals surface area contributed by atoms with E-state index in [0.717, 1.165) is 24.6 Å². The number of hydrogen-bond donors (Lipinski definition) is 2. The number of guanidine groups is 1. The molecule has 0 saturated carbocycles. The van der Waals surface area contributed by atoms with Gasteiger partial charge in [-0.25, -0.2) is 0 Å². The van der Waals surface area contributed by atoms with Crippen molar-refractivity contribution in [3.05, 3.63) is 65.2 Å². The number of nitrogens with two attached hydrogens (primary N) is 1. The van der Waals surface area contributed by atoms with Crippen LogP contribution < -0.4 is 15.8 Å². The summed E-state index contributed by atoms with van der Waals surface area (Å²) in [6.07, 6.45) is 0.0222. The topological polar surface area (TPSA) is 89.2 Å². The highest BCUT2D eigenvalue weighted by atomic mass is 16.5. The van der Waals surface area contributed by atoms with Gasteiger partial charge in [0.25, 0.3) is 5.91 Å². The predicted octanol–water partition coefficient (Wildman–Crippen LogP) is 2.01. The van der Waals surface area contributed by atoms with Crippen LogP contribution in [0, 0.1) is 6.92 Å². The van der Waals surface area contributed by atoms with E-state index in [2.05, 4.69) is 34.3 Å². The quantitative estimate of drug-likeness (QED) is 0.576. The summed E-state index contributed by atoms with van der Waals surface area (Å²) in [5.41, 5.74) is 8.60. The SMILES string of the molecule is CN=C(NCc1cccc(OCC(N)=O)c1)N1CCOC(c2ccccc2C)C1. The van der Waals surface area contributed by atoms with E-state index >= 15 is 0 Å². The second-order valence-corrected chi connectivity index (χ2v) is 6.97. The summed E-state index contributed by atoms with van der Waals surface area (Å²) in [7, 11) is 1.78. The number of aliphatic imine (C=N–C) groups is 1. The maximum Gasteiger partial charge on any atom is 0.255 e. The normalized spacial score (nSPS) is 17.1. The van der Waals surface area contributed by atoms with Gasteiger partial charge in [-0.3, -0.25) is 9.79 Å². The molecule has 29 heavy (non-hydrogen) atoms. The molecule has 3 N–H and O–H groups in total. The Bertz CT molecular complexity index is 869. The fourth-order valence-corrected chi connectivity index (χ4v) is 3.39. The molecular formula is C22H28N4O3. The number of primary amides is 1. The minimum atomic E-state index is -0.496. The van der Waals surface area contributed by atoms with Crippen molar-refractivity contribution >= 4 is 11.9 Å². The third-order valence-electron chi connectivity index (χ3n) is 4.84. The van der Waals surface area contributed by atoms with Gasteiger partial charge in [0, 0.05) is 20.1 Å². The number of carbonyl (C=O) groups excluding carboxylic acids is 1. The van der Waals surface area contributed by atoms with Gasteiger partial charge in [0.15, 0.2) is 12.6 Å². The van der Waals surface area contributed by atoms with E-state index in [0.29, 0.717) is 18.9 Å². The van der Waals surface area contributed by atoms with Gasteiger partial charge >= 0.3 is 0 Å². The zero-order valence-corrected chi connectivity index (χ0v) is 16.9. The number of nitrogens with zero attached hydrogens (tertiary/aromatic N) is 2. The molecule has 0 bridgehead atoms. The average molecular weight is 396 g/mol. The largest absolute Gasteiger partial charge is 0.484 e. The van der Waals surface area contributed by atoms with Crippen LogP contribution in [-0.2, 0) is 16.1 Å². The molecule has 1 atom stereocenters. The molecule has 2 aromatic carbocycles. The second-order valence-electron chi connectivity index (χ2n) is 6.97. The van der Waals surface area contributed by atoms with Gasteiger partial charge in [-0.05, 0) is 35.7 Å². The molecule has 1 unspecified atom stereocenters. The first-order valence-corrected chi connectivity index (χ1v) is 9.69. The van der Waals surface area contributed by atoms with Crippen molar-refractivity contribution in [3.63, 3.8) is 0 Å². The lowest BCUT2D eigenvalue weighted by atomic mass is 10.0. The predicted molar refractivity (Wildman–Crippen MR) is 113 cm³/mol. The average Bonchev–Trinajstić information content (AvgIpc) is 2.73. The molecule has 1 aliphatic heterocycles. The summed E-state index contributed by atoms with van der Waals surface area (Å²) >= 11 is 0. The van der Waals surface area contributed by atoms with Crippen LogP contribution in [-0.4, -0.2) is 50.1 Å². The number of amides is 1. The molecular weight excluding hydrogens is 368 g/mol. The lowest BCUT2D eigenvalue weighted by Crippen LogP contribution is -2.48. The fourth-order valence-electron chi connectivity index (χ4n) is 3.39. The van der Waals surface area contributed by atoms with Crippen molar-refractivity contribution < 1.29 is 14.3 Å². The molecule has 154 valence electrons. The minimum Gasteiger partial charge on any atom is -0.484 e. The Balaban J connectivity index is 1.61. The van der Waals surface area contributed by atoms with Crippen molar-refractivity contribution in [2.45, 2.75) is 19.6 Å². The van der Waals surface area contributed by atoms with Gasteiger partial charge in [0.05, 0.1) is 13.2 Å². The van der Waals surface area contributed by atoms with Crippen molar-refractivity contribution in [3.8, 4) is 5.75 Å². The Morgan fingerprint density at radius 1 is 1.31 bits per heavy atom. The molecule has 0 aliphatic carbocycles. The van der Waals surface area contributed by atoms with Crippen LogP contribution in [0.4, 0.5) is 0 Å². The van der Waals surface area contributed by atoms with Crippen LogP contribution in [0.1, 0.15) is 22.8 Å². The second kappa shape index (κ2) is 9.93. The van der Waals surface area contributed by atoms with E-state index in [1.807, 2.05) is 30.3 Å². The minimum absolute atomic E-state index is 0.0222. The molecule has 1 saturated heterocycles. The third kappa shape index (κ3) is 5.71. The lowest BCUT2D eigenvalue weighted by molar-refractivity contribution is -0.119. The number of carbonyl (C=O) groups is 1. The van der Waals surface area contributed by atoms with Crippen LogP contribution in [0.15, 0.2) is 53.5 Å². The van der Waals surface area contributed by atoms with E-state index in [-0.39, 0.29) is 12.7 Å². The molecule has 0 radical (unpaired) electrons. The van der Waals surface area contributed by atoms with Crippen LogP contribution >= 0.6 is 0 Å². The number of aryl methyl sites for hydroxylation is 1. The number of rotatable bonds is 6. The Morgan fingerprint density at radius 3 is 2.90 bits per heavy atom. The van der Waals surface area contributed by atoms with E-state index in [9.17, 15) is 4.79 Å². The molecule has 2 aromatic rings. The number of hydrogen-bond acceptors (Lipinski definition) is 4. The Kier molecular flexibility index (Phi) is 7.08. The van der Waals surface area contributed by atoms with E-state index < -0.39 is 5.91 Å². The molecule has 7 nitrogen and oxygen atoms in total. The van der Waals surface area contributed by atoms with Gasteiger partial charge in [-0.2, -0.15) is 0 Å². The monoisotopic (exact) mass is 396 g/mol.